The molecule has 1 atom stereocenters. The van der Waals surface area contributed by atoms with Crippen molar-refractivity contribution in [2.75, 3.05) is 0 Å². The third-order valence-corrected chi connectivity index (χ3v) is 3.52. The van der Waals surface area contributed by atoms with Gasteiger partial charge >= 0.3 is 5.97 Å². The van der Waals surface area contributed by atoms with Gasteiger partial charge in [0.1, 0.15) is 12.2 Å². The second-order valence-corrected chi connectivity index (χ2v) is 5.91. The number of aromatic nitrogens is 4. The molecule has 2 rings (SSSR count). The van der Waals surface area contributed by atoms with E-state index in [9.17, 15) is 19.1 Å². The molecule has 0 aliphatic rings. The number of aryl methyl sites for hydroxylation is 2. The highest BCUT2D eigenvalue weighted by atomic mass is 19.1. The van der Waals surface area contributed by atoms with Gasteiger partial charge in [0.15, 0.2) is 17.4 Å². The smallest absolute Gasteiger partial charge is 0.318 e. The highest BCUT2D eigenvalue weighted by Crippen LogP contribution is 2.18. The fraction of sp³-hybridized carbons (Fsp3) is 0.278. The zero-order valence-corrected chi connectivity index (χ0v) is 14.9. The minimum absolute atomic E-state index is 0.243. The van der Waals surface area contributed by atoms with Crippen LogP contribution in [0.25, 0.3) is 5.57 Å². The number of aliphatic hydroxyl groups is 1. The van der Waals surface area contributed by atoms with E-state index in [4.69, 9.17) is 4.74 Å². The van der Waals surface area contributed by atoms with E-state index in [2.05, 4.69) is 22.1 Å². The second kappa shape index (κ2) is 8.95. The summed E-state index contributed by atoms with van der Waals surface area (Å²) in [5.41, 5.74) is 1.13. The number of hydrogen-bond donors (Lipinski definition) is 1. The topological polar surface area (TPSA) is 107 Å². The molecule has 0 saturated heterocycles. The van der Waals surface area contributed by atoms with Crippen LogP contribution in [0.15, 0.2) is 36.9 Å². The maximum absolute atomic E-state index is 13.6. The van der Waals surface area contributed by atoms with Gasteiger partial charge in [0, 0.05) is 19.0 Å². The lowest BCUT2D eigenvalue weighted by atomic mass is 10.1. The van der Waals surface area contributed by atoms with Crippen molar-refractivity contribution in [1.82, 2.24) is 20.2 Å². The number of nitrogens with zero attached hydrogens (tertiary/aromatic N) is 4. The van der Waals surface area contributed by atoms with Crippen molar-refractivity contribution in [3.05, 3.63) is 54.1 Å². The van der Waals surface area contributed by atoms with Crippen molar-refractivity contribution in [3.63, 3.8) is 0 Å². The first-order valence-electron chi connectivity index (χ1n) is 8.02. The van der Waals surface area contributed by atoms with Gasteiger partial charge in [-0.05, 0) is 35.0 Å². The van der Waals surface area contributed by atoms with Gasteiger partial charge in [0.05, 0.1) is 6.10 Å². The van der Waals surface area contributed by atoms with Crippen molar-refractivity contribution in [2.24, 2.45) is 7.05 Å². The van der Waals surface area contributed by atoms with Crippen molar-refractivity contribution in [1.29, 1.82) is 0 Å². The van der Waals surface area contributed by atoms with Gasteiger partial charge in [-0.15, -0.1) is 5.10 Å². The molecule has 1 aromatic carbocycles. The normalized spacial score (nSPS) is 12.1. The van der Waals surface area contributed by atoms with Gasteiger partial charge in [-0.2, -0.15) is 0 Å². The van der Waals surface area contributed by atoms with Gasteiger partial charge in [-0.25, -0.2) is 9.07 Å². The van der Waals surface area contributed by atoms with Crippen LogP contribution in [0.1, 0.15) is 24.2 Å². The Kier molecular flexibility index (Phi) is 6.67. The van der Waals surface area contributed by atoms with Gasteiger partial charge in [0.25, 0.3) is 0 Å². The molecular formula is C18H19FN4O4. The molecule has 0 aliphatic carbocycles. The molecule has 9 heteroatoms. The predicted octanol–water partition coefficient (Wildman–Crippen LogP) is 1.54. The first kappa shape index (κ1) is 20.1. The number of halogens is 1. The molecule has 0 fully saturated rings. The van der Waals surface area contributed by atoms with E-state index >= 15 is 0 Å². The molecule has 1 unspecified atom stereocenters. The van der Waals surface area contributed by atoms with E-state index in [0.29, 0.717) is 17.0 Å². The summed E-state index contributed by atoms with van der Waals surface area (Å²) in [6, 6.07) is 4.12. The number of rotatable bonds is 8. The predicted molar refractivity (Wildman–Crippen MR) is 94.0 cm³/mol. The molecule has 2 aromatic rings. The van der Waals surface area contributed by atoms with Crippen LogP contribution in [0.5, 0.6) is 5.75 Å². The summed E-state index contributed by atoms with van der Waals surface area (Å²) in [5.74, 6) is -1.96. The number of aliphatic hydroxyl groups excluding tert-OH is 1. The molecule has 27 heavy (non-hydrogen) atoms. The third-order valence-electron chi connectivity index (χ3n) is 3.52. The maximum Gasteiger partial charge on any atom is 0.318 e. The average molecular weight is 374 g/mol. The summed E-state index contributed by atoms with van der Waals surface area (Å²) in [5, 5.41) is 20.8. The fourth-order valence-electron chi connectivity index (χ4n) is 2.19. The maximum atomic E-state index is 13.6. The number of carbonyl (C=O) groups excluding carboxylic acids is 2. The lowest BCUT2D eigenvalue weighted by molar-refractivity contribution is -0.138. The SMILES string of the molecule is C=C(C=CC(O)CC(=O)CC(=O)Oc1ccc(C)cc1F)c1nnnn1C. The summed E-state index contributed by atoms with van der Waals surface area (Å²) in [7, 11) is 1.64. The molecule has 1 N–H and O–H groups in total. The molecule has 1 aromatic heterocycles. The Hall–Kier alpha value is -3.20. The number of benzene rings is 1. The van der Waals surface area contributed by atoms with E-state index < -0.39 is 30.1 Å². The summed E-state index contributed by atoms with van der Waals surface area (Å²) < 4.78 is 19.9. The molecule has 1 heterocycles. The number of allylic oxidation sites excluding steroid dienone is 2. The van der Waals surface area contributed by atoms with E-state index in [0.717, 1.165) is 0 Å². The van der Waals surface area contributed by atoms with Gasteiger partial charge in [-0.3, -0.25) is 9.59 Å². The Labute approximate surface area is 155 Å². The number of hydrogen-bond acceptors (Lipinski definition) is 7. The zero-order chi connectivity index (χ0) is 20.0. The van der Waals surface area contributed by atoms with Crippen molar-refractivity contribution in [3.8, 4) is 5.75 Å². The fourth-order valence-corrected chi connectivity index (χ4v) is 2.19. The summed E-state index contributed by atoms with van der Waals surface area (Å²) in [4.78, 5) is 23.6. The van der Waals surface area contributed by atoms with E-state index in [1.807, 2.05) is 0 Å². The molecular weight excluding hydrogens is 355 g/mol. The number of tetrazole rings is 1. The minimum Gasteiger partial charge on any atom is -0.423 e. The van der Waals surface area contributed by atoms with E-state index in [-0.39, 0.29) is 12.2 Å². The molecule has 0 spiro atoms. The molecule has 142 valence electrons. The molecule has 0 amide bonds. The molecule has 0 radical (unpaired) electrons. The average Bonchev–Trinajstić information content (AvgIpc) is 3.01. The highest BCUT2D eigenvalue weighted by molar-refractivity contribution is 5.96. The number of esters is 1. The highest BCUT2D eigenvalue weighted by Gasteiger charge is 2.16. The van der Waals surface area contributed by atoms with Crippen LogP contribution < -0.4 is 4.74 Å². The number of ether oxygens (including phenoxy) is 1. The zero-order valence-electron chi connectivity index (χ0n) is 14.9. The standard InChI is InChI=1S/C18H19FN4O4/c1-11-4-7-16(15(19)8-11)27-17(26)10-14(25)9-13(24)6-5-12(2)18-20-21-22-23(18)3/h4-8,13,24H,2,9-10H2,1,3H3. The van der Waals surface area contributed by atoms with Crippen molar-refractivity contribution in [2.45, 2.75) is 25.9 Å². The van der Waals surface area contributed by atoms with Crippen LogP contribution in [0.2, 0.25) is 0 Å². The van der Waals surface area contributed by atoms with Crippen LogP contribution in [0, 0.1) is 12.7 Å². The Balaban J connectivity index is 1.83. The lowest BCUT2D eigenvalue weighted by Crippen LogP contribution is -2.18. The molecule has 0 aliphatic heterocycles. The third kappa shape index (κ3) is 5.93. The largest absolute Gasteiger partial charge is 0.423 e. The van der Waals surface area contributed by atoms with Gasteiger partial charge in [0.2, 0.25) is 0 Å². The Bertz CT molecular complexity index is 891. The first-order valence-corrected chi connectivity index (χ1v) is 8.02. The van der Waals surface area contributed by atoms with Crippen LogP contribution in [-0.4, -0.2) is 43.2 Å². The quantitative estimate of drug-likeness (QED) is 0.323. The van der Waals surface area contributed by atoms with E-state index in [1.54, 1.807) is 20.0 Å². The summed E-state index contributed by atoms with van der Waals surface area (Å²) >= 11 is 0. The summed E-state index contributed by atoms with van der Waals surface area (Å²) in [6.45, 7) is 5.46. The van der Waals surface area contributed by atoms with Gasteiger partial charge in [-0.1, -0.05) is 24.8 Å². The monoisotopic (exact) mass is 374 g/mol. The Morgan fingerprint density at radius 1 is 1.44 bits per heavy atom. The van der Waals surface area contributed by atoms with Crippen LogP contribution in [0.4, 0.5) is 4.39 Å². The van der Waals surface area contributed by atoms with Gasteiger partial charge < -0.3 is 9.84 Å². The second-order valence-electron chi connectivity index (χ2n) is 5.91. The van der Waals surface area contributed by atoms with Crippen LogP contribution >= 0.6 is 0 Å². The molecule has 0 saturated carbocycles. The molecule has 8 nitrogen and oxygen atoms in total. The lowest BCUT2D eigenvalue weighted by Gasteiger charge is -2.07. The van der Waals surface area contributed by atoms with Crippen LogP contribution in [-0.2, 0) is 16.6 Å². The van der Waals surface area contributed by atoms with E-state index in [1.165, 1.54) is 29.0 Å². The first-order chi connectivity index (χ1) is 12.8. The molecule has 0 bridgehead atoms. The van der Waals surface area contributed by atoms with Crippen LogP contribution in [0.3, 0.4) is 0 Å². The number of Topliss-reactive ketones (excluding diaryl/α,β-unsaturated/α-hetero) is 1. The Morgan fingerprint density at radius 2 is 2.19 bits per heavy atom. The van der Waals surface area contributed by atoms with Crippen molar-refractivity contribution < 1.29 is 23.8 Å². The number of carbonyl (C=O) groups is 2. The minimum atomic E-state index is -1.13. The summed E-state index contributed by atoms with van der Waals surface area (Å²) in [6.07, 6.45) is 0.821. The number of ketones is 1. The Morgan fingerprint density at radius 3 is 2.81 bits per heavy atom. The van der Waals surface area contributed by atoms with Crippen molar-refractivity contribution >= 4 is 17.3 Å².